The second-order valence-electron chi connectivity index (χ2n) is 10.9. The molecule has 220 valence electrons. The number of halogens is 1. The van der Waals surface area contributed by atoms with E-state index in [2.05, 4.69) is 52.6 Å². The molecule has 2 aromatic carbocycles. The van der Waals surface area contributed by atoms with E-state index >= 15 is 0 Å². The Kier molecular flexibility index (Phi) is 11.1. The quantitative estimate of drug-likeness (QED) is 0.161. The number of aryl methyl sites for hydroxylation is 1. The number of likely N-dealkylation sites (N-methyl/N-ethyl adjacent to an activating group) is 1. The molecule has 1 amide bonds. The van der Waals surface area contributed by atoms with Gasteiger partial charge in [0.15, 0.2) is 0 Å². The number of pyridine rings is 1. The molecule has 2 N–H and O–H groups in total. The van der Waals surface area contributed by atoms with E-state index < -0.39 is 0 Å². The van der Waals surface area contributed by atoms with Gasteiger partial charge in [0, 0.05) is 36.2 Å². The second-order valence-corrected chi connectivity index (χ2v) is 10.9. The van der Waals surface area contributed by atoms with Crippen molar-refractivity contribution in [2.24, 2.45) is 0 Å². The zero-order valence-electron chi connectivity index (χ0n) is 25.0. The van der Waals surface area contributed by atoms with Crippen LogP contribution in [0.5, 0.6) is 0 Å². The van der Waals surface area contributed by atoms with Crippen molar-refractivity contribution in [1.82, 2.24) is 19.9 Å². The maximum atomic E-state index is 13.7. The molecule has 0 aliphatic carbocycles. The number of benzene rings is 2. The minimum Gasteiger partial charge on any atom is -0.381 e. The first kappa shape index (κ1) is 30.8. The highest BCUT2D eigenvalue weighted by atomic mass is 19.1. The normalized spacial score (nSPS) is 12.2. The molecule has 0 radical (unpaired) electrons. The topological polar surface area (TPSA) is 83.0 Å². The first-order chi connectivity index (χ1) is 20.4. The minimum absolute atomic E-state index is 0.159. The summed E-state index contributed by atoms with van der Waals surface area (Å²) in [6, 6.07) is 15.2. The van der Waals surface area contributed by atoms with Gasteiger partial charge >= 0.3 is 0 Å². The van der Waals surface area contributed by atoms with Crippen LogP contribution in [0.2, 0.25) is 0 Å². The highest BCUT2D eigenvalue weighted by Crippen LogP contribution is 2.31. The molecule has 4 rings (SSSR count). The molecule has 2 aromatic heterocycles. The smallest absolute Gasteiger partial charge is 0.249 e. The van der Waals surface area contributed by atoms with Crippen LogP contribution in [0.15, 0.2) is 73.2 Å². The molecular formula is C34H41FN6O. The van der Waals surface area contributed by atoms with E-state index in [1.165, 1.54) is 23.3 Å². The zero-order chi connectivity index (χ0) is 29.9. The van der Waals surface area contributed by atoms with Crippen molar-refractivity contribution in [2.75, 3.05) is 31.3 Å². The molecule has 8 heteroatoms. The fraction of sp³-hybridized carbons (Fsp3) is 0.353. The van der Waals surface area contributed by atoms with Gasteiger partial charge in [-0.1, -0.05) is 50.6 Å². The van der Waals surface area contributed by atoms with E-state index in [9.17, 15) is 9.18 Å². The van der Waals surface area contributed by atoms with Gasteiger partial charge in [0.2, 0.25) is 5.91 Å². The van der Waals surface area contributed by atoms with Crippen LogP contribution in [-0.4, -0.2) is 46.4 Å². The van der Waals surface area contributed by atoms with Crippen LogP contribution in [0.1, 0.15) is 61.4 Å². The van der Waals surface area contributed by atoms with Crippen molar-refractivity contribution in [3.8, 4) is 0 Å². The number of carbonyl (C=O) groups excluding carboxylic acids is 1. The highest BCUT2D eigenvalue weighted by Gasteiger charge is 2.18. The lowest BCUT2D eigenvalue weighted by Gasteiger charge is -2.19. The number of carbonyl (C=O) groups is 1. The molecule has 1 unspecified atom stereocenters. The van der Waals surface area contributed by atoms with Gasteiger partial charge in [-0.25, -0.2) is 19.3 Å². The summed E-state index contributed by atoms with van der Waals surface area (Å²) in [4.78, 5) is 27.9. The lowest BCUT2D eigenvalue weighted by Crippen LogP contribution is -2.13. The monoisotopic (exact) mass is 568 g/mol. The number of unbranched alkanes of at least 4 members (excludes halogenated alkanes) is 1. The van der Waals surface area contributed by atoms with Gasteiger partial charge in [-0.3, -0.25) is 4.79 Å². The first-order valence-electron chi connectivity index (χ1n) is 14.7. The van der Waals surface area contributed by atoms with Gasteiger partial charge in [0.1, 0.15) is 18.0 Å². The number of hydrogen-bond acceptors (Lipinski definition) is 6. The maximum Gasteiger partial charge on any atom is 0.249 e. The van der Waals surface area contributed by atoms with Crippen molar-refractivity contribution in [1.29, 1.82) is 0 Å². The second kappa shape index (κ2) is 15.2. The predicted octanol–water partition coefficient (Wildman–Crippen LogP) is 6.91. The van der Waals surface area contributed by atoms with Gasteiger partial charge in [0.25, 0.3) is 0 Å². The average Bonchev–Trinajstić information content (AvgIpc) is 2.98. The number of nitrogens with one attached hydrogen (secondary N) is 2. The molecule has 0 fully saturated rings. The largest absolute Gasteiger partial charge is 0.381 e. The van der Waals surface area contributed by atoms with Crippen molar-refractivity contribution in [3.63, 3.8) is 0 Å². The summed E-state index contributed by atoms with van der Waals surface area (Å²) in [5.74, 6) is 0.190. The Morgan fingerprint density at radius 3 is 2.67 bits per heavy atom. The van der Waals surface area contributed by atoms with Crippen LogP contribution in [0.4, 0.5) is 15.9 Å². The zero-order valence-corrected chi connectivity index (χ0v) is 25.0. The molecular weight excluding hydrogens is 527 g/mol. The van der Waals surface area contributed by atoms with Gasteiger partial charge in [-0.2, -0.15) is 0 Å². The Labute approximate surface area is 248 Å². The number of nitrogens with zero attached hydrogens (tertiary/aromatic N) is 4. The standard InChI is InChI=1S/C34H41FN6O/c1-5-7-11-27-18-24(14-15-30(27)36-21-25-10-8-12-28(35)19-25)17-26(6-2)34-29-20-32(37-22-31(29)38-23-39-34)40-33(42)13-9-16-41(3)4/h8-10,12-15,18-20,22-23,26,36H,5-7,11,16-17,21H2,1-4H3,(H,37,40,42)/b13-9+. The maximum absolute atomic E-state index is 13.7. The van der Waals surface area contributed by atoms with Crippen molar-refractivity contribution >= 4 is 28.3 Å². The Balaban J connectivity index is 1.55. The highest BCUT2D eigenvalue weighted by molar-refractivity contribution is 5.99. The molecule has 0 saturated carbocycles. The summed E-state index contributed by atoms with van der Waals surface area (Å²) in [6.45, 7) is 5.62. The van der Waals surface area contributed by atoms with Crippen molar-refractivity contribution in [2.45, 2.75) is 58.4 Å². The third kappa shape index (κ3) is 8.66. The van der Waals surface area contributed by atoms with Crippen LogP contribution in [-0.2, 0) is 24.2 Å². The average molecular weight is 569 g/mol. The van der Waals surface area contributed by atoms with E-state index in [4.69, 9.17) is 4.98 Å². The lowest BCUT2D eigenvalue weighted by molar-refractivity contribution is -0.111. The van der Waals surface area contributed by atoms with Crippen LogP contribution in [0.3, 0.4) is 0 Å². The molecule has 0 saturated heterocycles. The summed E-state index contributed by atoms with van der Waals surface area (Å²) in [6.07, 6.45) is 11.5. The summed E-state index contributed by atoms with van der Waals surface area (Å²) in [5, 5.41) is 7.28. The van der Waals surface area contributed by atoms with E-state index in [1.807, 2.05) is 37.2 Å². The summed E-state index contributed by atoms with van der Waals surface area (Å²) in [5.41, 5.74) is 6.21. The third-order valence-electron chi connectivity index (χ3n) is 7.25. The number of hydrogen-bond donors (Lipinski definition) is 2. The van der Waals surface area contributed by atoms with Crippen molar-refractivity contribution < 1.29 is 9.18 Å². The summed E-state index contributed by atoms with van der Waals surface area (Å²) < 4.78 is 13.7. The Hall–Kier alpha value is -4.17. The first-order valence-corrected chi connectivity index (χ1v) is 14.7. The van der Waals surface area contributed by atoms with E-state index in [1.54, 1.807) is 24.7 Å². The van der Waals surface area contributed by atoms with E-state index in [0.717, 1.165) is 60.0 Å². The fourth-order valence-corrected chi connectivity index (χ4v) is 4.99. The van der Waals surface area contributed by atoms with Crippen molar-refractivity contribution in [3.05, 3.63) is 101 Å². The van der Waals surface area contributed by atoms with Gasteiger partial charge in [-0.05, 0) is 80.7 Å². The van der Waals surface area contributed by atoms with Gasteiger partial charge in [0.05, 0.1) is 17.4 Å². The van der Waals surface area contributed by atoms with E-state index in [-0.39, 0.29) is 17.6 Å². The SMILES string of the molecule is CCCCc1cc(CC(CC)c2ncnc3cnc(NC(=O)/C=C/CN(C)C)cc23)ccc1NCc1cccc(F)c1. The summed E-state index contributed by atoms with van der Waals surface area (Å²) in [7, 11) is 3.90. The van der Waals surface area contributed by atoms with Crippen LogP contribution in [0.25, 0.3) is 10.9 Å². The molecule has 42 heavy (non-hydrogen) atoms. The Bertz CT molecular complexity index is 1520. The lowest BCUT2D eigenvalue weighted by atomic mass is 9.90. The summed E-state index contributed by atoms with van der Waals surface area (Å²) >= 11 is 0. The molecule has 4 aromatic rings. The van der Waals surface area contributed by atoms with Gasteiger partial charge in [-0.15, -0.1) is 0 Å². The van der Waals surface area contributed by atoms with Crippen LogP contribution < -0.4 is 10.6 Å². The molecule has 7 nitrogen and oxygen atoms in total. The Morgan fingerprint density at radius 2 is 1.90 bits per heavy atom. The van der Waals surface area contributed by atoms with Crippen LogP contribution >= 0.6 is 0 Å². The third-order valence-corrected chi connectivity index (χ3v) is 7.25. The molecule has 1 atom stereocenters. The predicted molar refractivity (Wildman–Crippen MR) is 169 cm³/mol. The molecule has 2 heterocycles. The number of rotatable bonds is 14. The van der Waals surface area contributed by atoms with Gasteiger partial charge < -0.3 is 15.5 Å². The molecule has 0 bridgehead atoms. The number of aromatic nitrogens is 3. The minimum atomic E-state index is -0.222. The Morgan fingerprint density at radius 1 is 1.05 bits per heavy atom. The number of amides is 1. The van der Waals surface area contributed by atoms with Crippen LogP contribution in [0, 0.1) is 5.82 Å². The molecule has 0 spiro atoms. The molecule has 0 aliphatic heterocycles. The number of fused-ring (bicyclic) bond motifs is 1. The van der Waals surface area contributed by atoms with E-state index in [0.29, 0.717) is 18.9 Å². The fourth-order valence-electron chi connectivity index (χ4n) is 4.99. The molecule has 0 aliphatic rings. The number of anilines is 2.